The molecule has 0 N–H and O–H groups in total. The van der Waals surface area contributed by atoms with Gasteiger partial charge < -0.3 is 14.4 Å². The first-order chi connectivity index (χ1) is 13.3. The molecular formula is C20H19ClN4O2. The van der Waals surface area contributed by atoms with Crippen LogP contribution in [0.25, 0.3) is 10.9 Å². The molecule has 0 saturated carbocycles. The van der Waals surface area contributed by atoms with E-state index >= 15 is 0 Å². The van der Waals surface area contributed by atoms with Crippen molar-refractivity contribution in [3.05, 3.63) is 53.2 Å². The summed E-state index contributed by atoms with van der Waals surface area (Å²) in [5.74, 6) is 1.68. The zero-order chi connectivity index (χ0) is 18.2. The number of halogens is 1. The monoisotopic (exact) mass is 382 g/mol. The molecule has 0 unspecified atom stereocenters. The molecule has 3 aromatic rings. The highest BCUT2D eigenvalue weighted by molar-refractivity contribution is 6.35. The van der Waals surface area contributed by atoms with Crippen molar-refractivity contribution >= 4 is 28.2 Å². The average molecular weight is 383 g/mol. The minimum Gasteiger partial charge on any atom is -0.454 e. The highest BCUT2D eigenvalue weighted by Gasteiger charge is 2.21. The number of ether oxygens (including phenoxy) is 2. The molecule has 5 rings (SSSR count). The molecule has 0 amide bonds. The second kappa shape index (κ2) is 6.87. The average Bonchev–Trinajstić information content (AvgIpc) is 3.17. The van der Waals surface area contributed by atoms with E-state index in [0.717, 1.165) is 60.8 Å². The number of nitrogens with zero attached hydrogens (tertiary/aromatic N) is 4. The SMILES string of the molecule is Clc1cccc2c(N3CCN(Cc4ccc5c(c4)OCO5)CC3)cnnc12. The summed E-state index contributed by atoms with van der Waals surface area (Å²) in [6.07, 6.45) is 1.84. The van der Waals surface area contributed by atoms with Gasteiger partial charge in [0.2, 0.25) is 6.79 Å². The van der Waals surface area contributed by atoms with Gasteiger partial charge in [0, 0.05) is 38.1 Å². The molecule has 138 valence electrons. The first-order valence-corrected chi connectivity index (χ1v) is 9.41. The Balaban J connectivity index is 1.29. The van der Waals surface area contributed by atoms with Gasteiger partial charge in [-0.1, -0.05) is 29.8 Å². The molecule has 2 aliphatic rings. The van der Waals surface area contributed by atoms with Crippen molar-refractivity contribution < 1.29 is 9.47 Å². The first kappa shape index (κ1) is 16.6. The molecular weight excluding hydrogens is 364 g/mol. The van der Waals surface area contributed by atoms with Crippen molar-refractivity contribution in [1.82, 2.24) is 15.1 Å². The molecule has 0 spiro atoms. The maximum Gasteiger partial charge on any atom is 0.231 e. The van der Waals surface area contributed by atoms with E-state index in [1.54, 1.807) is 0 Å². The minimum atomic E-state index is 0.315. The predicted octanol–water partition coefficient (Wildman–Crippen LogP) is 3.33. The third-order valence-electron chi connectivity index (χ3n) is 5.16. The third kappa shape index (κ3) is 3.15. The highest BCUT2D eigenvalue weighted by atomic mass is 35.5. The predicted molar refractivity (Wildman–Crippen MR) is 105 cm³/mol. The van der Waals surface area contributed by atoms with Crippen LogP contribution in [0.1, 0.15) is 5.56 Å². The fourth-order valence-electron chi connectivity index (χ4n) is 3.73. The van der Waals surface area contributed by atoms with Crippen molar-refractivity contribution in [2.24, 2.45) is 0 Å². The lowest BCUT2D eigenvalue weighted by Gasteiger charge is -2.36. The van der Waals surface area contributed by atoms with Gasteiger partial charge in [-0.05, 0) is 23.8 Å². The minimum absolute atomic E-state index is 0.315. The maximum atomic E-state index is 6.27. The van der Waals surface area contributed by atoms with Crippen LogP contribution in [0.2, 0.25) is 5.02 Å². The van der Waals surface area contributed by atoms with Crippen LogP contribution in [0.3, 0.4) is 0 Å². The van der Waals surface area contributed by atoms with Crippen molar-refractivity contribution in [1.29, 1.82) is 0 Å². The molecule has 1 fully saturated rings. The van der Waals surface area contributed by atoms with Crippen LogP contribution in [0, 0.1) is 0 Å². The Morgan fingerprint density at radius 3 is 2.74 bits per heavy atom. The summed E-state index contributed by atoms with van der Waals surface area (Å²) in [5.41, 5.74) is 3.11. The lowest BCUT2D eigenvalue weighted by molar-refractivity contribution is 0.174. The lowest BCUT2D eigenvalue weighted by atomic mass is 10.1. The number of fused-ring (bicyclic) bond motifs is 2. The molecule has 0 bridgehead atoms. The summed E-state index contributed by atoms with van der Waals surface area (Å²) in [5, 5.41) is 10.0. The van der Waals surface area contributed by atoms with Crippen LogP contribution < -0.4 is 14.4 Å². The Morgan fingerprint density at radius 1 is 1.00 bits per heavy atom. The zero-order valence-electron chi connectivity index (χ0n) is 14.8. The second-order valence-corrected chi connectivity index (χ2v) is 7.22. The fraction of sp³-hybridized carbons (Fsp3) is 0.300. The molecule has 27 heavy (non-hydrogen) atoms. The van der Waals surface area contributed by atoms with Gasteiger partial charge in [-0.2, -0.15) is 5.10 Å². The summed E-state index contributed by atoms with van der Waals surface area (Å²) < 4.78 is 10.9. The Labute approximate surface area is 162 Å². The maximum absolute atomic E-state index is 6.27. The van der Waals surface area contributed by atoms with E-state index in [9.17, 15) is 0 Å². The lowest BCUT2D eigenvalue weighted by Crippen LogP contribution is -2.46. The fourth-order valence-corrected chi connectivity index (χ4v) is 3.94. The van der Waals surface area contributed by atoms with Crippen LogP contribution in [-0.2, 0) is 6.54 Å². The van der Waals surface area contributed by atoms with Crippen molar-refractivity contribution in [3.63, 3.8) is 0 Å². The number of benzene rings is 2. The van der Waals surface area contributed by atoms with Crippen LogP contribution in [0.15, 0.2) is 42.6 Å². The van der Waals surface area contributed by atoms with E-state index < -0.39 is 0 Å². The van der Waals surface area contributed by atoms with Gasteiger partial charge in [-0.25, -0.2) is 0 Å². The van der Waals surface area contributed by atoms with E-state index in [4.69, 9.17) is 21.1 Å². The van der Waals surface area contributed by atoms with Gasteiger partial charge in [0.15, 0.2) is 11.5 Å². The van der Waals surface area contributed by atoms with Crippen LogP contribution in [0.5, 0.6) is 11.5 Å². The first-order valence-electron chi connectivity index (χ1n) is 9.04. The van der Waals surface area contributed by atoms with Crippen molar-refractivity contribution in [2.45, 2.75) is 6.54 Å². The van der Waals surface area contributed by atoms with Crippen LogP contribution in [0.4, 0.5) is 5.69 Å². The summed E-state index contributed by atoms with van der Waals surface area (Å²) in [6.45, 7) is 5.08. The van der Waals surface area contributed by atoms with Gasteiger partial charge in [0.1, 0.15) is 5.52 Å². The van der Waals surface area contributed by atoms with Crippen molar-refractivity contribution in [3.8, 4) is 11.5 Å². The molecule has 2 aliphatic heterocycles. The highest BCUT2D eigenvalue weighted by Crippen LogP contribution is 2.33. The van der Waals surface area contributed by atoms with Crippen LogP contribution >= 0.6 is 11.6 Å². The molecule has 0 radical (unpaired) electrons. The second-order valence-electron chi connectivity index (χ2n) is 6.82. The molecule has 1 saturated heterocycles. The van der Waals surface area contributed by atoms with Gasteiger partial charge in [-0.15, -0.1) is 5.10 Å². The summed E-state index contributed by atoms with van der Waals surface area (Å²) in [4.78, 5) is 4.82. The van der Waals surface area contributed by atoms with Crippen LogP contribution in [-0.4, -0.2) is 48.1 Å². The van der Waals surface area contributed by atoms with E-state index in [1.165, 1.54) is 5.56 Å². The molecule has 1 aromatic heterocycles. The molecule has 2 aromatic carbocycles. The van der Waals surface area contributed by atoms with Gasteiger partial charge >= 0.3 is 0 Å². The number of hydrogen-bond donors (Lipinski definition) is 0. The molecule has 7 heteroatoms. The van der Waals surface area contributed by atoms with E-state index in [1.807, 2.05) is 24.4 Å². The van der Waals surface area contributed by atoms with Gasteiger partial charge in [0.05, 0.1) is 16.9 Å². The number of piperazine rings is 1. The summed E-state index contributed by atoms with van der Waals surface area (Å²) in [7, 11) is 0. The number of anilines is 1. The number of rotatable bonds is 3. The topological polar surface area (TPSA) is 50.7 Å². The van der Waals surface area contributed by atoms with E-state index in [-0.39, 0.29) is 0 Å². The summed E-state index contributed by atoms with van der Waals surface area (Å²) >= 11 is 6.27. The number of hydrogen-bond acceptors (Lipinski definition) is 6. The molecule has 3 heterocycles. The molecule has 6 nitrogen and oxygen atoms in total. The van der Waals surface area contributed by atoms with Crippen molar-refractivity contribution in [2.75, 3.05) is 37.9 Å². The largest absolute Gasteiger partial charge is 0.454 e. The Hall–Kier alpha value is -2.57. The van der Waals surface area contributed by atoms with E-state index in [2.05, 4.69) is 38.2 Å². The standard InChI is InChI=1S/C20H19ClN4O2/c21-16-3-1-2-15-17(11-22-23-20(15)16)25-8-6-24(7-9-25)12-14-4-5-18-19(10-14)27-13-26-18/h1-5,10-11H,6-9,12-13H2. The normalized spacial score (nSPS) is 16.9. The quantitative estimate of drug-likeness (QED) is 0.692. The summed E-state index contributed by atoms with van der Waals surface area (Å²) in [6, 6.07) is 12.1. The van der Waals surface area contributed by atoms with Gasteiger partial charge in [0.25, 0.3) is 0 Å². The molecule has 0 atom stereocenters. The Bertz CT molecular complexity index is 989. The van der Waals surface area contributed by atoms with Gasteiger partial charge in [-0.3, -0.25) is 4.90 Å². The smallest absolute Gasteiger partial charge is 0.231 e. The van der Waals surface area contributed by atoms with E-state index in [0.29, 0.717) is 11.8 Å². The Kier molecular flexibility index (Phi) is 4.22. The third-order valence-corrected chi connectivity index (χ3v) is 5.46. The zero-order valence-corrected chi connectivity index (χ0v) is 15.5. The molecule has 0 aliphatic carbocycles. The number of aromatic nitrogens is 2. The Morgan fingerprint density at radius 2 is 1.85 bits per heavy atom.